The van der Waals surface area contributed by atoms with Gasteiger partial charge in [0.2, 0.25) is 0 Å². The van der Waals surface area contributed by atoms with E-state index < -0.39 is 0 Å². The number of nitrogens with one attached hydrogen (secondary N) is 2. The molecule has 3 aromatic carbocycles. The Morgan fingerprint density at radius 3 is 1.39 bits per heavy atom. The fourth-order valence-electron chi connectivity index (χ4n) is 3.23. The summed E-state index contributed by atoms with van der Waals surface area (Å²) in [6.07, 6.45) is 4.65. The third-order valence-electron chi connectivity index (χ3n) is 4.91. The maximum Gasteiger partial charge on any atom is 0.250 e. The number of imide groups is 2. The zero-order valence-corrected chi connectivity index (χ0v) is 19.5. The van der Waals surface area contributed by atoms with Crippen molar-refractivity contribution in [1.29, 1.82) is 0 Å². The molecule has 8 heteroatoms. The number of benzene rings is 3. The third kappa shape index (κ3) is 7.81. The smallest absolute Gasteiger partial charge is 0.250 e. The molecule has 3 aromatic rings. The van der Waals surface area contributed by atoms with Crippen LogP contribution in [0.4, 0.5) is 5.69 Å². The monoisotopic (exact) mass is 483 g/mol. The lowest BCUT2D eigenvalue weighted by Gasteiger charge is -2.21. The van der Waals surface area contributed by atoms with Gasteiger partial charge in [0, 0.05) is 30.0 Å². The number of hydrogen-bond acceptors (Lipinski definition) is 6. The number of rotatable bonds is 4. The average Bonchev–Trinajstić information content (AvgIpc) is 3.45. The lowest BCUT2D eigenvalue weighted by molar-refractivity contribution is -0.125. The van der Waals surface area contributed by atoms with E-state index in [9.17, 15) is 19.2 Å². The van der Waals surface area contributed by atoms with Gasteiger partial charge in [-0.15, -0.1) is 0 Å². The summed E-state index contributed by atoms with van der Waals surface area (Å²) in [7, 11) is 0. The van der Waals surface area contributed by atoms with E-state index in [2.05, 4.69) is 24.3 Å². The summed E-state index contributed by atoms with van der Waals surface area (Å²) in [5.41, 5.74) is 9.87. The Morgan fingerprint density at radius 1 is 0.639 bits per heavy atom. The van der Waals surface area contributed by atoms with Crippen LogP contribution in [0, 0.1) is 6.92 Å². The van der Waals surface area contributed by atoms with Crippen LogP contribution in [0.1, 0.15) is 22.8 Å². The van der Waals surface area contributed by atoms with E-state index in [1.54, 1.807) is 0 Å². The van der Waals surface area contributed by atoms with Gasteiger partial charge in [-0.1, -0.05) is 60.7 Å². The number of hydrogen-bond donors (Lipinski definition) is 3. The van der Waals surface area contributed by atoms with Crippen LogP contribution in [0.25, 0.3) is 0 Å². The fourth-order valence-corrected chi connectivity index (χ4v) is 3.23. The summed E-state index contributed by atoms with van der Waals surface area (Å²) in [6.45, 7) is 2.01. The molecule has 0 unspecified atom stereocenters. The van der Waals surface area contributed by atoms with E-state index in [4.69, 9.17) is 10.5 Å². The summed E-state index contributed by atoms with van der Waals surface area (Å²) < 4.78 is 6.32. The van der Waals surface area contributed by atoms with Crippen molar-refractivity contribution in [3.05, 3.63) is 120 Å². The van der Waals surface area contributed by atoms with Gasteiger partial charge in [0.05, 0.1) is 0 Å². The molecule has 2 aliphatic rings. The molecular formula is C28H25N3O5. The van der Waals surface area contributed by atoms with Crippen LogP contribution in [0.5, 0.6) is 5.75 Å². The molecule has 0 spiro atoms. The number of nitrogens with two attached hydrogens (primary N) is 1. The van der Waals surface area contributed by atoms with Crippen molar-refractivity contribution < 1.29 is 23.9 Å². The molecule has 0 fully saturated rings. The largest absolute Gasteiger partial charge is 0.481 e. The van der Waals surface area contributed by atoms with Crippen molar-refractivity contribution in [2.24, 2.45) is 0 Å². The van der Waals surface area contributed by atoms with E-state index in [0.717, 1.165) is 28.1 Å². The van der Waals surface area contributed by atoms with E-state index in [-0.39, 0.29) is 29.7 Å². The van der Waals surface area contributed by atoms with E-state index >= 15 is 0 Å². The highest BCUT2D eigenvalue weighted by Crippen LogP contribution is 2.30. The van der Waals surface area contributed by atoms with Crippen LogP contribution in [0.15, 0.2) is 103 Å². The molecular weight excluding hydrogens is 458 g/mol. The highest BCUT2D eigenvalue weighted by atomic mass is 16.5. The third-order valence-corrected chi connectivity index (χ3v) is 4.91. The number of nitrogen functional groups attached to an aromatic ring is 1. The van der Waals surface area contributed by atoms with Gasteiger partial charge in [0.1, 0.15) is 11.9 Å². The molecule has 0 radical (unpaired) electrons. The second-order valence-electron chi connectivity index (χ2n) is 7.72. The van der Waals surface area contributed by atoms with Crippen LogP contribution < -0.4 is 21.1 Å². The number of carbonyl (C=O) groups is 4. The Balaban J connectivity index is 0.000000209. The normalized spacial score (nSPS) is 13.4. The predicted molar refractivity (Wildman–Crippen MR) is 136 cm³/mol. The second kappa shape index (κ2) is 12.5. The molecule has 0 aliphatic carbocycles. The molecule has 0 bridgehead atoms. The summed E-state index contributed by atoms with van der Waals surface area (Å²) >= 11 is 0. The Hall–Kier alpha value is -4.98. The lowest BCUT2D eigenvalue weighted by atomic mass is 10.0. The van der Waals surface area contributed by atoms with Crippen LogP contribution in [-0.2, 0) is 19.2 Å². The summed E-state index contributed by atoms with van der Waals surface area (Å²) in [5, 5.41) is 4.06. The first kappa shape index (κ1) is 25.6. The van der Waals surface area contributed by atoms with Gasteiger partial charge in [-0.05, 0) is 41.8 Å². The Kier molecular flexibility index (Phi) is 8.88. The molecule has 0 aromatic heterocycles. The van der Waals surface area contributed by atoms with Gasteiger partial charge in [0.15, 0.2) is 0 Å². The molecule has 8 nitrogen and oxygen atoms in total. The first-order valence-corrected chi connectivity index (χ1v) is 11.0. The number of carbonyl (C=O) groups excluding carboxylic acids is 4. The van der Waals surface area contributed by atoms with Gasteiger partial charge in [-0.2, -0.15) is 0 Å². The lowest BCUT2D eigenvalue weighted by Crippen LogP contribution is -2.19. The molecule has 2 aliphatic heterocycles. The number of anilines is 1. The molecule has 2 heterocycles. The standard InChI is InChI=1S/C20H19NO.2C4H3NO2/c1-15-14-18(21)12-13-19(15)22-20(16-8-4-2-5-9-16)17-10-6-3-7-11-17;2*6-3-1-2-4(7)5-3/h2-14,20H,21H2,1H3;2*1-2H,(H,5,6,7). The van der Waals surface area contributed by atoms with Crippen LogP contribution in [-0.4, -0.2) is 23.6 Å². The molecule has 0 saturated carbocycles. The van der Waals surface area contributed by atoms with E-state index in [1.165, 1.54) is 24.3 Å². The van der Waals surface area contributed by atoms with Crippen molar-refractivity contribution in [2.45, 2.75) is 13.0 Å². The van der Waals surface area contributed by atoms with Crippen LogP contribution >= 0.6 is 0 Å². The van der Waals surface area contributed by atoms with Gasteiger partial charge in [0.25, 0.3) is 23.6 Å². The van der Waals surface area contributed by atoms with Gasteiger partial charge < -0.3 is 10.5 Å². The molecule has 182 valence electrons. The van der Waals surface area contributed by atoms with Crippen LogP contribution in [0.2, 0.25) is 0 Å². The average molecular weight is 484 g/mol. The van der Waals surface area contributed by atoms with Gasteiger partial charge in [-0.3, -0.25) is 29.8 Å². The Bertz CT molecular complexity index is 1190. The molecule has 36 heavy (non-hydrogen) atoms. The van der Waals surface area contributed by atoms with Crippen molar-refractivity contribution in [2.75, 3.05) is 5.73 Å². The first-order valence-electron chi connectivity index (χ1n) is 11.0. The molecule has 0 atom stereocenters. The Labute approximate surface area is 208 Å². The van der Waals surface area contributed by atoms with Gasteiger partial charge >= 0.3 is 0 Å². The number of aryl methyl sites for hydroxylation is 1. The summed E-state index contributed by atoms with van der Waals surface area (Å²) in [6, 6.07) is 26.2. The summed E-state index contributed by atoms with van der Waals surface area (Å²) in [4.78, 5) is 40.1. The first-order chi connectivity index (χ1) is 17.3. The minimum absolute atomic E-state index is 0.135. The maximum absolute atomic E-state index is 10.0. The minimum atomic E-state index is -0.329. The zero-order valence-electron chi connectivity index (χ0n) is 19.5. The van der Waals surface area contributed by atoms with Crippen molar-refractivity contribution in [3.8, 4) is 5.75 Å². The predicted octanol–water partition coefficient (Wildman–Crippen LogP) is 3.14. The molecule has 0 saturated heterocycles. The van der Waals surface area contributed by atoms with Gasteiger partial charge in [-0.25, -0.2) is 0 Å². The van der Waals surface area contributed by atoms with Crippen molar-refractivity contribution >= 4 is 29.3 Å². The minimum Gasteiger partial charge on any atom is -0.481 e. The quantitative estimate of drug-likeness (QED) is 0.386. The number of ether oxygens (including phenoxy) is 1. The SMILES string of the molecule is Cc1cc(N)ccc1OC(c1ccccc1)c1ccccc1.O=C1C=CC(=O)N1.O=C1C=CC(=O)N1. The van der Waals surface area contributed by atoms with Crippen molar-refractivity contribution in [3.63, 3.8) is 0 Å². The molecule has 4 N–H and O–H groups in total. The van der Waals surface area contributed by atoms with E-state index in [1.807, 2.05) is 72.2 Å². The van der Waals surface area contributed by atoms with Crippen molar-refractivity contribution in [1.82, 2.24) is 10.6 Å². The van der Waals surface area contributed by atoms with E-state index in [0.29, 0.717) is 0 Å². The topological polar surface area (TPSA) is 128 Å². The Morgan fingerprint density at radius 2 is 1.06 bits per heavy atom. The number of amides is 4. The maximum atomic E-state index is 10.0. The molecule has 5 rings (SSSR count). The second-order valence-corrected chi connectivity index (χ2v) is 7.72. The molecule has 4 amide bonds. The highest BCUT2D eigenvalue weighted by molar-refractivity contribution is 6.13. The fraction of sp³-hybridized carbons (Fsp3) is 0.0714. The van der Waals surface area contributed by atoms with Crippen LogP contribution in [0.3, 0.4) is 0 Å². The summed E-state index contributed by atoms with van der Waals surface area (Å²) in [5.74, 6) is -0.461. The zero-order chi connectivity index (χ0) is 25.9. The highest BCUT2D eigenvalue weighted by Gasteiger charge is 2.16.